The van der Waals surface area contributed by atoms with Gasteiger partial charge < -0.3 is 14.2 Å². The number of carbonyl (C=O) groups excluding carboxylic acids is 3. The number of hydrogen-bond donors (Lipinski definition) is 1. The zero-order valence-electron chi connectivity index (χ0n) is 15.6. The molecule has 0 bridgehead atoms. The van der Waals surface area contributed by atoms with Crippen LogP contribution in [0.1, 0.15) is 31.1 Å². The first-order valence-corrected chi connectivity index (χ1v) is 8.22. The number of hydrogen-bond acceptors (Lipinski definition) is 7. The molecule has 148 valence electrons. The van der Waals surface area contributed by atoms with Gasteiger partial charge in [-0.3, -0.25) is 5.32 Å². The average Bonchev–Trinajstić information content (AvgIpc) is 3.15. The van der Waals surface area contributed by atoms with Crippen molar-refractivity contribution in [2.75, 3.05) is 6.79 Å². The first-order valence-electron chi connectivity index (χ1n) is 8.22. The van der Waals surface area contributed by atoms with E-state index in [0.29, 0.717) is 5.56 Å². The number of rotatable bonds is 3. The van der Waals surface area contributed by atoms with E-state index in [0.717, 1.165) is 4.68 Å². The second-order valence-electron chi connectivity index (χ2n) is 6.34. The van der Waals surface area contributed by atoms with Crippen LogP contribution in [0, 0.1) is 0 Å². The number of alkyl carbamates (subject to hydrolysis) is 1. The number of aliphatic imine (C=N–C) groups is 1. The van der Waals surface area contributed by atoms with Crippen molar-refractivity contribution < 1.29 is 28.6 Å². The van der Waals surface area contributed by atoms with Crippen molar-refractivity contribution >= 4 is 24.1 Å². The van der Waals surface area contributed by atoms with Crippen molar-refractivity contribution in [2.45, 2.75) is 26.4 Å². The quantitative estimate of drug-likeness (QED) is 0.371. The van der Waals surface area contributed by atoms with E-state index in [1.807, 2.05) is 0 Å². The highest BCUT2D eigenvalue weighted by Crippen LogP contribution is 2.08. The van der Waals surface area contributed by atoms with Crippen LogP contribution in [-0.2, 0) is 14.2 Å². The third-order valence-electron chi connectivity index (χ3n) is 2.92. The highest BCUT2D eigenvalue weighted by atomic mass is 16.7. The molecule has 0 saturated heterocycles. The van der Waals surface area contributed by atoms with Gasteiger partial charge in [0, 0.05) is 12.4 Å². The Hall–Kier alpha value is -3.69. The standard InChI is InChI=1S/C18H20N4O6/c1-18(2,3)28-17(25)21-15(22-11-7-10-19-22)20-16(24)27-12-26-14(23)13-8-5-4-6-9-13/h4-11H,12H2,1-3H3,(H,20,21,24,25). The van der Waals surface area contributed by atoms with Gasteiger partial charge >= 0.3 is 18.2 Å². The summed E-state index contributed by atoms with van der Waals surface area (Å²) >= 11 is 0. The van der Waals surface area contributed by atoms with Gasteiger partial charge in [-0.15, -0.1) is 4.99 Å². The summed E-state index contributed by atoms with van der Waals surface area (Å²) in [6.45, 7) is 4.41. The lowest BCUT2D eigenvalue weighted by Crippen LogP contribution is -2.38. The molecule has 2 aromatic rings. The molecule has 0 fully saturated rings. The van der Waals surface area contributed by atoms with Gasteiger partial charge in [-0.05, 0) is 39.0 Å². The predicted octanol–water partition coefficient (Wildman–Crippen LogP) is 2.56. The van der Waals surface area contributed by atoms with Crippen molar-refractivity contribution in [3.05, 3.63) is 54.4 Å². The Kier molecular flexibility index (Phi) is 6.85. The number of aromatic nitrogens is 2. The van der Waals surface area contributed by atoms with Crippen molar-refractivity contribution in [1.29, 1.82) is 0 Å². The van der Waals surface area contributed by atoms with Crippen LogP contribution in [0.15, 0.2) is 53.8 Å². The minimum Gasteiger partial charge on any atom is -0.442 e. The minimum atomic E-state index is -1.00. The van der Waals surface area contributed by atoms with Crippen LogP contribution < -0.4 is 5.32 Å². The lowest BCUT2D eigenvalue weighted by atomic mass is 10.2. The van der Waals surface area contributed by atoms with Gasteiger partial charge in [0.1, 0.15) is 5.60 Å². The van der Waals surface area contributed by atoms with E-state index in [1.165, 1.54) is 12.4 Å². The van der Waals surface area contributed by atoms with E-state index in [1.54, 1.807) is 57.2 Å². The van der Waals surface area contributed by atoms with Gasteiger partial charge in [-0.25, -0.2) is 19.1 Å². The highest BCUT2D eigenvalue weighted by molar-refractivity contribution is 5.99. The molecule has 0 saturated carbocycles. The monoisotopic (exact) mass is 388 g/mol. The summed E-state index contributed by atoms with van der Waals surface area (Å²) < 4.78 is 15.8. The molecule has 0 radical (unpaired) electrons. The Bertz CT molecular complexity index is 841. The Balaban J connectivity index is 1.93. The van der Waals surface area contributed by atoms with E-state index in [2.05, 4.69) is 15.4 Å². The van der Waals surface area contributed by atoms with Crippen LogP contribution in [-0.4, -0.2) is 46.3 Å². The largest absolute Gasteiger partial charge is 0.442 e. The number of nitrogens with zero attached hydrogens (tertiary/aromatic N) is 3. The van der Waals surface area contributed by atoms with E-state index >= 15 is 0 Å². The van der Waals surface area contributed by atoms with Crippen LogP contribution in [0.5, 0.6) is 0 Å². The summed E-state index contributed by atoms with van der Waals surface area (Å²) in [6, 6.07) is 9.79. The first-order chi connectivity index (χ1) is 13.2. The molecule has 0 atom stereocenters. The number of benzene rings is 1. The SMILES string of the molecule is CC(C)(C)OC(=O)N=C(NC(=O)OCOC(=O)c1ccccc1)n1cccn1. The first kappa shape index (κ1) is 20.6. The Morgan fingerprint density at radius 1 is 1.11 bits per heavy atom. The zero-order valence-corrected chi connectivity index (χ0v) is 15.6. The number of esters is 1. The Morgan fingerprint density at radius 3 is 2.43 bits per heavy atom. The Morgan fingerprint density at radius 2 is 1.82 bits per heavy atom. The van der Waals surface area contributed by atoms with Gasteiger partial charge in [0.05, 0.1) is 5.56 Å². The van der Waals surface area contributed by atoms with Crippen LogP contribution in [0.25, 0.3) is 0 Å². The Labute approximate surface area is 161 Å². The maximum absolute atomic E-state index is 11.9. The van der Waals surface area contributed by atoms with Crippen molar-refractivity contribution in [3.63, 3.8) is 0 Å². The molecule has 0 aliphatic rings. The molecule has 0 unspecified atom stereocenters. The van der Waals surface area contributed by atoms with Gasteiger partial charge in [0.15, 0.2) is 0 Å². The average molecular weight is 388 g/mol. The second kappa shape index (κ2) is 9.31. The molecule has 0 aliphatic heterocycles. The van der Waals surface area contributed by atoms with Crippen LogP contribution >= 0.6 is 0 Å². The normalized spacial score (nSPS) is 11.5. The maximum atomic E-state index is 11.9. The molecule has 0 aliphatic carbocycles. The third kappa shape index (κ3) is 6.90. The second-order valence-corrected chi connectivity index (χ2v) is 6.34. The van der Waals surface area contributed by atoms with E-state index < -0.39 is 30.5 Å². The lowest BCUT2D eigenvalue weighted by Gasteiger charge is -2.17. The summed E-state index contributed by atoms with van der Waals surface area (Å²) in [5.74, 6) is -0.887. The van der Waals surface area contributed by atoms with Gasteiger partial charge in [-0.2, -0.15) is 5.10 Å². The van der Waals surface area contributed by atoms with Crippen molar-refractivity contribution in [2.24, 2.45) is 4.99 Å². The van der Waals surface area contributed by atoms with Gasteiger partial charge in [-0.1, -0.05) is 18.2 Å². The van der Waals surface area contributed by atoms with Crippen molar-refractivity contribution in [1.82, 2.24) is 15.1 Å². The molecular weight excluding hydrogens is 368 g/mol. The molecule has 1 aromatic carbocycles. The molecule has 1 heterocycles. The highest BCUT2D eigenvalue weighted by Gasteiger charge is 2.18. The molecule has 1 N–H and O–H groups in total. The smallest absolute Gasteiger partial charge is 0.437 e. The molecule has 2 rings (SSSR count). The number of amides is 2. The summed E-state index contributed by atoms with van der Waals surface area (Å²) in [5.41, 5.74) is -0.447. The van der Waals surface area contributed by atoms with Gasteiger partial charge in [0.2, 0.25) is 12.8 Å². The van der Waals surface area contributed by atoms with Crippen LogP contribution in [0.4, 0.5) is 9.59 Å². The fourth-order valence-corrected chi connectivity index (χ4v) is 1.82. The summed E-state index contributed by atoms with van der Waals surface area (Å²) in [7, 11) is 0. The molecular formula is C18H20N4O6. The third-order valence-corrected chi connectivity index (χ3v) is 2.92. The molecule has 2 amide bonds. The number of nitrogens with one attached hydrogen (secondary N) is 1. The van der Waals surface area contributed by atoms with Crippen LogP contribution in [0.3, 0.4) is 0 Å². The molecule has 28 heavy (non-hydrogen) atoms. The molecule has 1 aromatic heterocycles. The fraction of sp³-hybridized carbons (Fsp3) is 0.278. The number of ether oxygens (including phenoxy) is 3. The van der Waals surface area contributed by atoms with E-state index in [9.17, 15) is 14.4 Å². The topological polar surface area (TPSA) is 121 Å². The number of carbonyl (C=O) groups is 3. The summed E-state index contributed by atoms with van der Waals surface area (Å²) in [6.07, 6.45) is 0.963. The maximum Gasteiger partial charge on any atom is 0.437 e. The predicted molar refractivity (Wildman–Crippen MR) is 97.6 cm³/mol. The minimum absolute atomic E-state index is 0.237. The van der Waals surface area contributed by atoms with E-state index in [4.69, 9.17) is 14.2 Å². The zero-order chi connectivity index (χ0) is 20.6. The van der Waals surface area contributed by atoms with Gasteiger partial charge in [0.25, 0.3) is 0 Å². The fourth-order valence-electron chi connectivity index (χ4n) is 1.82. The summed E-state index contributed by atoms with van der Waals surface area (Å²) in [4.78, 5) is 39.3. The lowest BCUT2D eigenvalue weighted by molar-refractivity contribution is -0.00120. The van der Waals surface area contributed by atoms with E-state index in [-0.39, 0.29) is 5.96 Å². The molecule has 10 nitrogen and oxygen atoms in total. The van der Waals surface area contributed by atoms with Crippen LogP contribution in [0.2, 0.25) is 0 Å². The molecule has 10 heteroatoms. The summed E-state index contributed by atoms with van der Waals surface area (Å²) in [5, 5.41) is 6.14. The van der Waals surface area contributed by atoms with Crippen molar-refractivity contribution in [3.8, 4) is 0 Å². The molecule has 0 spiro atoms.